The number of hydrogen-bond donors (Lipinski definition) is 2. The average molecular weight is 339 g/mol. The Bertz CT molecular complexity index is 929. The SMILES string of the molecule is CN(C)C(=O)c1ccc(CNC(=O)c2cc3c(F)cccc3[nH]2)cc1. The van der Waals surface area contributed by atoms with Crippen LogP contribution < -0.4 is 5.32 Å². The second-order valence-electron chi connectivity index (χ2n) is 5.96. The summed E-state index contributed by atoms with van der Waals surface area (Å²) in [4.78, 5) is 28.5. The normalized spacial score (nSPS) is 10.7. The van der Waals surface area contributed by atoms with Gasteiger partial charge in [0.25, 0.3) is 11.8 Å². The third-order valence-electron chi connectivity index (χ3n) is 3.92. The van der Waals surface area contributed by atoms with Crippen LogP contribution in [0.3, 0.4) is 0 Å². The highest BCUT2D eigenvalue weighted by atomic mass is 19.1. The lowest BCUT2D eigenvalue weighted by Crippen LogP contribution is -2.23. The Labute approximate surface area is 144 Å². The molecule has 2 aromatic carbocycles. The second-order valence-corrected chi connectivity index (χ2v) is 5.96. The Morgan fingerprint density at radius 1 is 1.12 bits per heavy atom. The summed E-state index contributed by atoms with van der Waals surface area (Å²) in [7, 11) is 3.39. The van der Waals surface area contributed by atoms with E-state index in [2.05, 4.69) is 10.3 Å². The van der Waals surface area contributed by atoms with E-state index in [0.29, 0.717) is 28.7 Å². The van der Waals surface area contributed by atoms with Crippen molar-refractivity contribution in [3.05, 3.63) is 71.2 Å². The molecule has 0 saturated heterocycles. The molecule has 3 aromatic rings. The van der Waals surface area contributed by atoms with E-state index in [0.717, 1.165) is 5.56 Å². The van der Waals surface area contributed by atoms with Crippen molar-refractivity contribution in [3.63, 3.8) is 0 Å². The molecule has 0 fully saturated rings. The summed E-state index contributed by atoms with van der Waals surface area (Å²) in [6.45, 7) is 0.313. The molecular weight excluding hydrogens is 321 g/mol. The molecule has 1 aromatic heterocycles. The topological polar surface area (TPSA) is 65.2 Å². The van der Waals surface area contributed by atoms with E-state index in [-0.39, 0.29) is 17.6 Å². The number of carbonyl (C=O) groups excluding carboxylic acids is 2. The number of hydrogen-bond acceptors (Lipinski definition) is 2. The molecule has 0 saturated carbocycles. The van der Waals surface area contributed by atoms with E-state index in [1.165, 1.54) is 17.0 Å². The quantitative estimate of drug-likeness (QED) is 0.767. The molecule has 5 nitrogen and oxygen atoms in total. The standard InChI is InChI=1S/C19H18FN3O2/c1-23(2)19(25)13-8-6-12(7-9-13)11-21-18(24)17-10-14-15(20)4-3-5-16(14)22-17/h3-10,22H,11H2,1-2H3,(H,21,24). The summed E-state index contributed by atoms with van der Waals surface area (Å²) in [5, 5.41) is 3.17. The number of H-pyrrole nitrogens is 1. The van der Waals surface area contributed by atoms with Crippen molar-refractivity contribution in [3.8, 4) is 0 Å². The van der Waals surface area contributed by atoms with Gasteiger partial charge >= 0.3 is 0 Å². The summed E-state index contributed by atoms with van der Waals surface area (Å²) < 4.78 is 13.7. The van der Waals surface area contributed by atoms with Gasteiger partial charge in [-0.2, -0.15) is 0 Å². The number of carbonyl (C=O) groups is 2. The van der Waals surface area contributed by atoms with Crippen molar-refractivity contribution in [2.24, 2.45) is 0 Å². The van der Waals surface area contributed by atoms with Crippen molar-refractivity contribution in [2.75, 3.05) is 14.1 Å². The molecule has 2 amide bonds. The first-order valence-electron chi connectivity index (χ1n) is 7.82. The van der Waals surface area contributed by atoms with E-state index >= 15 is 0 Å². The van der Waals surface area contributed by atoms with Crippen LogP contribution in [0.5, 0.6) is 0 Å². The van der Waals surface area contributed by atoms with Gasteiger partial charge in [0.2, 0.25) is 0 Å². The fourth-order valence-electron chi connectivity index (χ4n) is 2.54. The fourth-order valence-corrected chi connectivity index (χ4v) is 2.54. The lowest BCUT2D eigenvalue weighted by molar-refractivity contribution is 0.0827. The fraction of sp³-hybridized carbons (Fsp3) is 0.158. The monoisotopic (exact) mass is 339 g/mol. The Morgan fingerprint density at radius 3 is 2.48 bits per heavy atom. The molecule has 0 aliphatic heterocycles. The van der Waals surface area contributed by atoms with E-state index in [9.17, 15) is 14.0 Å². The highest BCUT2D eigenvalue weighted by molar-refractivity contribution is 5.98. The summed E-state index contributed by atoms with van der Waals surface area (Å²) in [6, 6.07) is 13.2. The lowest BCUT2D eigenvalue weighted by Gasteiger charge is -2.10. The van der Waals surface area contributed by atoms with E-state index in [4.69, 9.17) is 0 Å². The van der Waals surface area contributed by atoms with Gasteiger partial charge in [-0.15, -0.1) is 0 Å². The third kappa shape index (κ3) is 3.52. The van der Waals surface area contributed by atoms with Crippen molar-refractivity contribution in [2.45, 2.75) is 6.54 Å². The van der Waals surface area contributed by atoms with Crippen LogP contribution >= 0.6 is 0 Å². The molecule has 3 rings (SSSR count). The number of benzene rings is 2. The number of halogens is 1. The zero-order valence-corrected chi connectivity index (χ0v) is 14.0. The summed E-state index contributed by atoms with van der Waals surface area (Å²) in [6.07, 6.45) is 0. The van der Waals surface area contributed by atoms with Gasteiger partial charge in [-0.25, -0.2) is 4.39 Å². The second kappa shape index (κ2) is 6.76. The summed E-state index contributed by atoms with van der Waals surface area (Å²) in [5.41, 5.74) is 2.34. The molecule has 0 bridgehead atoms. The highest BCUT2D eigenvalue weighted by Gasteiger charge is 2.12. The molecule has 0 unspecified atom stereocenters. The number of nitrogens with zero attached hydrogens (tertiary/aromatic N) is 1. The van der Waals surface area contributed by atoms with Crippen LogP contribution in [-0.2, 0) is 6.54 Å². The van der Waals surface area contributed by atoms with Gasteiger partial charge in [0.1, 0.15) is 11.5 Å². The van der Waals surface area contributed by atoms with Gasteiger partial charge in [-0.1, -0.05) is 18.2 Å². The van der Waals surface area contributed by atoms with Gasteiger partial charge in [-0.05, 0) is 35.9 Å². The first kappa shape index (κ1) is 16.7. The van der Waals surface area contributed by atoms with E-state index in [1.807, 2.05) is 0 Å². The number of amides is 2. The zero-order valence-electron chi connectivity index (χ0n) is 14.0. The van der Waals surface area contributed by atoms with E-state index in [1.54, 1.807) is 50.5 Å². The van der Waals surface area contributed by atoms with E-state index < -0.39 is 0 Å². The minimum absolute atomic E-state index is 0.0734. The number of fused-ring (bicyclic) bond motifs is 1. The molecule has 0 radical (unpaired) electrons. The Hall–Kier alpha value is -3.15. The third-order valence-corrected chi connectivity index (χ3v) is 3.92. The predicted molar refractivity (Wildman–Crippen MR) is 93.9 cm³/mol. The van der Waals surface area contributed by atoms with Crippen molar-refractivity contribution in [1.29, 1.82) is 0 Å². The maximum atomic E-state index is 13.7. The maximum Gasteiger partial charge on any atom is 0.267 e. The van der Waals surface area contributed by atoms with Crippen LogP contribution in [0, 0.1) is 5.82 Å². The lowest BCUT2D eigenvalue weighted by atomic mass is 10.1. The molecule has 0 aliphatic rings. The van der Waals surface area contributed by atoms with Crippen molar-refractivity contribution < 1.29 is 14.0 Å². The number of rotatable bonds is 4. The van der Waals surface area contributed by atoms with Crippen LogP contribution in [0.15, 0.2) is 48.5 Å². The Balaban J connectivity index is 1.67. The van der Waals surface area contributed by atoms with Crippen LogP contribution in [-0.4, -0.2) is 35.8 Å². The van der Waals surface area contributed by atoms with Gasteiger partial charge in [0.15, 0.2) is 0 Å². The highest BCUT2D eigenvalue weighted by Crippen LogP contribution is 2.18. The molecular formula is C19H18FN3O2. The van der Waals surface area contributed by atoms with Gasteiger partial charge in [-0.3, -0.25) is 9.59 Å². The molecule has 1 heterocycles. The van der Waals surface area contributed by atoms with Crippen molar-refractivity contribution in [1.82, 2.24) is 15.2 Å². The average Bonchev–Trinajstić information content (AvgIpc) is 3.05. The Kier molecular flexibility index (Phi) is 4.52. The van der Waals surface area contributed by atoms with Crippen LogP contribution in [0.2, 0.25) is 0 Å². The molecule has 25 heavy (non-hydrogen) atoms. The predicted octanol–water partition coefficient (Wildman–Crippen LogP) is 2.94. The number of aromatic nitrogens is 1. The molecule has 6 heteroatoms. The molecule has 0 aliphatic carbocycles. The molecule has 2 N–H and O–H groups in total. The smallest absolute Gasteiger partial charge is 0.267 e. The summed E-state index contributed by atoms with van der Waals surface area (Å²) >= 11 is 0. The maximum absolute atomic E-state index is 13.7. The van der Waals surface area contributed by atoms with Gasteiger partial charge in [0.05, 0.1) is 0 Å². The molecule has 0 spiro atoms. The first-order valence-corrected chi connectivity index (χ1v) is 7.82. The van der Waals surface area contributed by atoms with Crippen molar-refractivity contribution >= 4 is 22.7 Å². The largest absolute Gasteiger partial charge is 0.350 e. The minimum atomic E-state index is -0.367. The van der Waals surface area contributed by atoms with Crippen LogP contribution in [0.4, 0.5) is 4.39 Å². The minimum Gasteiger partial charge on any atom is -0.350 e. The van der Waals surface area contributed by atoms with Crippen LogP contribution in [0.1, 0.15) is 26.4 Å². The molecule has 128 valence electrons. The van der Waals surface area contributed by atoms with Gasteiger partial charge in [0, 0.05) is 37.1 Å². The molecule has 0 atom stereocenters. The Morgan fingerprint density at radius 2 is 1.84 bits per heavy atom. The van der Waals surface area contributed by atoms with Gasteiger partial charge < -0.3 is 15.2 Å². The first-order chi connectivity index (χ1) is 12.0. The summed E-state index contributed by atoms with van der Waals surface area (Å²) in [5.74, 6) is -0.756. The number of aromatic amines is 1. The van der Waals surface area contributed by atoms with Crippen LogP contribution in [0.25, 0.3) is 10.9 Å². The number of nitrogens with one attached hydrogen (secondary N) is 2. The zero-order chi connectivity index (χ0) is 18.0.